The largest absolute Gasteiger partial charge is 0.461 e. The van der Waals surface area contributed by atoms with E-state index in [0.29, 0.717) is 0 Å². The minimum Gasteiger partial charge on any atom is -0.461 e. The molecule has 0 heterocycles. The predicted molar refractivity (Wildman–Crippen MR) is 57.7 cm³/mol. The van der Waals surface area contributed by atoms with Gasteiger partial charge in [-0.2, -0.15) is 0 Å². The molecule has 0 aromatic carbocycles. The van der Waals surface area contributed by atoms with Crippen LogP contribution in [0.5, 0.6) is 0 Å². The van der Waals surface area contributed by atoms with Crippen molar-refractivity contribution < 1.29 is 19.1 Å². The third kappa shape index (κ3) is 7.16. The number of halogens is 1. The van der Waals surface area contributed by atoms with Crippen molar-refractivity contribution in [1.29, 1.82) is 0 Å². The van der Waals surface area contributed by atoms with Gasteiger partial charge in [0.15, 0.2) is 0 Å². The number of hydrogen-bond donors (Lipinski definition) is 1. The molecule has 0 spiro atoms. The van der Waals surface area contributed by atoms with Gasteiger partial charge in [-0.25, -0.2) is 9.59 Å². The maximum absolute atomic E-state index is 11.1. The highest BCUT2D eigenvalue weighted by atomic mass is 35.5. The van der Waals surface area contributed by atoms with Gasteiger partial charge in [-0.15, -0.1) is 12.4 Å². The van der Waals surface area contributed by atoms with Gasteiger partial charge in [0.05, 0.1) is 12.2 Å². The molecule has 0 fully saturated rings. The van der Waals surface area contributed by atoms with E-state index < -0.39 is 18.0 Å². The second-order valence-corrected chi connectivity index (χ2v) is 3.45. The van der Waals surface area contributed by atoms with Crippen LogP contribution in [-0.2, 0) is 19.1 Å². The summed E-state index contributed by atoms with van der Waals surface area (Å²) in [4.78, 5) is 22.3. The molecule has 5 nitrogen and oxygen atoms in total. The van der Waals surface area contributed by atoms with Gasteiger partial charge >= 0.3 is 11.9 Å². The van der Waals surface area contributed by atoms with Gasteiger partial charge in [-0.05, 0) is 27.7 Å². The molecule has 0 aliphatic carbocycles. The molecule has 0 bridgehead atoms. The number of rotatable bonds is 4. The Hall–Kier alpha value is -0.810. The van der Waals surface area contributed by atoms with Gasteiger partial charge in [0.25, 0.3) is 0 Å². The van der Waals surface area contributed by atoms with Gasteiger partial charge in [0, 0.05) is 0 Å². The molecule has 0 radical (unpaired) electrons. The van der Waals surface area contributed by atoms with E-state index in [1.807, 2.05) is 0 Å². The summed E-state index contributed by atoms with van der Waals surface area (Å²) in [5.74, 6) is -1.52. The monoisotopic (exact) mass is 239 g/mol. The Labute approximate surface area is 95.7 Å². The highest BCUT2D eigenvalue weighted by molar-refractivity contribution is 5.99. The highest BCUT2D eigenvalue weighted by Crippen LogP contribution is 1.97. The lowest BCUT2D eigenvalue weighted by atomic mass is 10.3. The number of esters is 2. The Bertz CT molecular complexity index is 196. The van der Waals surface area contributed by atoms with Crippen LogP contribution >= 0.6 is 12.4 Å². The fourth-order valence-corrected chi connectivity index (χ4v) is 0.707. The van der Waals surface area contributed by atoms with Crippen LogP contribution in [0.2, 0.25) is 0 Å². The summed E-state index contributed by atoms with van der Waals surface area (Å²) >= 11 is 0. The van der Waals surface area contributed by atoms with Gasteiger partial charge < -0.3 is 15.2 Å². The topological polar surface area (TPSA) is 78.6 Å². The standard InChI is InChI=1S/C9H17NO4.ClH/c1-5(2)13-8(11)7(10)9(12)14-6(3)4;/h5-7H,10H2,1-4H3;1H. The summed E-state index contributed by atoms with van der Waals surface area (Å²) in [5.41, 5.74) is 5.31. The van der Waals surface area contributed by atoms with Crippen LogP contribution in [0, 0.1) is 0 Å². The molecule has 0 unspecified atom stereocenters. The summed E-state index contributed by atoms with van der Waals surface area (Å²) in [6.07, 6.45) is -0.583. The van der Waals surface area contributed by atoms with E-state index in [1.165, 1.54) is 0 Å². The summed E-state index contributed by atoms with van der Waals surface area (Å²) in [6, 6.07) is -1.35. The minimum atomic E-state index is -1.35. The molecule has 0 aliphatic heterocycles. The molecule has 2 N–H and O–H groups in total. The van der Waals surface area contributed by atoms with E-state index in [2.05, 4.69) is 0 Å². The average Bonchev–Trinajstić information content (AvgIpc) is 2.00. The Balaban J connectivity index is 0. The van der Waals surface area contributed by atoms with E-state index in [9.17, 15) is 9.59 Å². The van der Waals surface area contributed by atoms with Crippen molar-refractivity contribution in [2.24, 2.45) is 5.73 Å². The number of nitrogens with two attached hydrogens (primary N) is 1. The van der Waals surface area contributed by atoms with Crippen LogP contribution in [0.4, 0.5) is 0 Å². The molecule has 0 atom stereocenters. The second-order valence-electron chi connectivity index (χ2n) is 3.45. The van der Waals surface area contributed by atoms with Crippen LogP contribution in [-0.4, -0.2) is 30.2 Å². The van der Waals surface area contributed by atoms with Crippen LogP contribution < -0.4 is 5.73 Å². The summed E-state index contributed by atoms with van der Waals surface area (Å²) in [5, 5.41) is 0. The second kappa shape index (κ2) is 7.48. The average molecular weight is 240 g/mol. The van der Waals surface area contributed by atoms with Gasteiger partial charge in [-0.1, -0.05) is 0 Å². The first kappa shape index (κ1) is 16.6. The summed E-state index contributed by atoms with van der Waals surface area (Å²) in [7, 11) is 0. The van der Waals surface area contributed by atoms with Crippen molar-refractivity contribution in [3.63, 3.8) is 0 Å². The predicted octanol–water partition coefficient (Wildman–Crippen LogP) is 0.639. The normalized spacial score (nSPS) is 10.1. The first-order valence-corrected chi connectivity index (χ1v) is 4.51. The molecule has 0 rings (SSSR count). The van der Waals surface area contributed by atoms with Crippen molar-refractivity contribution in [2.45, 2.75) is 45.9 Å². The van der Waals surface area contributed by atoms with E-state index >= 15 is 0 Å². The molecule has 0 aromatic rings. The molecule has 0 aromatic heterocycles. The zero-order chi connectivity index (χ0) is 11.3. The van der Waals surface area contributed by atoms with Crippen molar-refractivity contribution >= 4 is 24.3 Å². The fraction of sp³-hybridized carbons (Fsp3) is 0.778. The molecule has 90 valence electrons. The number of carbonyl (C=O) groups excluding carboxylic acids is 2. The molecule has 0 aliphatic rings. The third-order valence-corrected chi connectivity index (χ3v) is 1.21. The third-order valence-electron chi connectivity index (χ3n) is 1.21. The summed E-state index contributed by atoms with van der Waals surface area (Å²) in [6.45, 7) is 6.72. The SMILES string of the molecule is CC(C)OC(=O)C(N)C(=O)OC(C)C.Cl. The van der Waals surface area contributed by atoms with Crippen LogP contribution in [0.1, 0.15) is 27.7 Å². The zero-order valence-corrected chi connectivity index (χ0v) is 10.2. The number of carbonyl (C=O) groups is 2. The Morgan fingerprint density at radius 1 is 0.933 bits per heavy atom. The van der Waals surface area contributed by atoms with Crippen molar-refractivity contribution in [3.8, 4) is 0 Å². The van der Waals surface area contributed by atoms with E-state index in [-0.39, 0.29) is 24.6 Å². The number of ether oxygens (including phenoxy) is 2. The number of hydrogen-bond acceptors (Lipinski definition) is 5. The molecule has 0 saturated carbocycles. The summed E-state index contributed by atoms with van der Waals surface area (Å²) < 4.78 is 9.50. The Morgan fingerprint density at radius 2 is 1.20 bits per heavy atom. The smallest absolute Gasteiger partial charge is 0.334 e. The first-order chi connectivity index (χ1) is 6.34. The maximum atomic E-state index is 11.1. The molecule has 0 saturated heterocycles. The Kier molecular flexibility index (Phi) is 8.28. The lowest BCUT2D eigenvalue weighted by Gasteiger charge is -2.14. The molecule has 6 heteroatoms. The Morgan fingerprint density at radius 3 is 1.40 bits per heavy atom. The molecule has 15 heavy (non-hydrogen) atoms. The quantitative estimate of drug-likeness (QED) is 0.575. The highest BCUT2D eigenvalue weighted by Gasteiger charge is 2.26. The van der Waals surface area contributed by atoms with Crippen molar-refractivity contribution in [1.82, 2.24) is 0 Å². The van der Waals surface area contributed by atoms with Crippen LogP contribution in [0.3, 0.4) is 0 Å². The van der Waals surface area contributed by atoms with Crippen molar-refractivity contribution in [2.75, 3.05) is 0 Å². The lowest BCUT2D eigenvalue weighted by Crippen LogP contribution is -2.42. The van der Waals surface area contributed by atoms with Crippen LogP contribution in [0.25, 0.3) is 0 Å². The molecular formula is C9H18ClNO4. The fourth-order valence-electron chi connectivity index (χ4n) is 0.707. The van der Waals surface area contributed by atoms with Crippen molar-refractivity contribution in [3.05, 3.63) is 0 Å². The van der Waals surface area contributed by atoms with Gasteiger partial charge in [-0.3, -0.25) is 0 Å². The minimum absolute atomic E-state index is 0. The maximum Gasteiger partial charge on any atom is 0.334 e. The molecular weight excluding hydrogens is 222 g/mol. The van der Waals surface area contributed by atoms with E-state index in [4.69, 9.17) is 15.2 Å². The first-order valence-electron chi connectivity index (χ1n) is 4.51. The van der Waals surface area contributed by atoms with Crippen LogP contribution in [0.15, 0.2) is 0 Å². The zero-order valence-electron chi connectivity index (χ0n) is 9.35. The van der Waals surface area contributed by atoms with E-state index in [1.54, 1.807) is 27.7 Å². The van der Waals surface area contributed by atoms with Gasteiger partial charge in [0.1, 0.15) is 0 Å². The molecule has 0 amide bonds. The van der Waals surface area contributed by atoms with Gasteiger partial charge in [0.2, 0.25) is 6.04 Å². The van der Waals surface area contributed by atoms with E-state index in [0.717, 1.165) is 0 Å². The lowest BCUT2D eigenvalue weighted by molar-refractivity contribution is -0.161.